The maximum Gasteiger partial charge on any atom is 0.302 e. The van der Waals surface area contributed by atoms with Gasteiger partial charge in [0.05, 0.1) is 6.61 Å². The Hall–Kier alpha value is -1.11. The molecule has 0 bridgehead atoms. The van der Waals surface area contributed by atoms with Crippen molar-refractivity contribution in [2.24, 2.45) is 0 Å². The lowest BCUT2D eigenvalue weighted by molar-refractivity contribution is -0.140. The van der Waals surface area contributed by atoms with E-state index in [1.807, 2.05) is 0 Å². The minimum Gasteiger partial charge on any atom is -0.466 e. The molecule has 3 nitrogen and oxygen atoms in total. The van der Waals surface area contributed by atoms with Crippen LogP contribution in [0, 0.1) is 11.6 Å². The number of carbonyl (C=O) groups excluding carboxylic acids is 1. The second-order valence-corrected chi connectivity index (χ2v) is 1.01. The highest BCUT2D eigenvalue weighted by atomic mass is 19.1. The highest BCUT2D eigenvalue weighted by molar-refractivity contribution is 5.65. The molecule has 0 amide bonds. The highest BCUT2D eigenvalue weighted by Gasteiger charge is 1.81. The fourth-order valence-electron chi connectivity index (χ4n) is 0.203. The summed E-state index contributed by atoms with van der Waals surface area (Å²) in [5, 5.41) is 6.65. The van der Waals surface area contributed by atoms with Gasteiger partial charge in [-0.05, 0) is 6.92 Å². The summed E-state index contributed by atoms with van der Waals surface area (Å²) in [6.07, 6.45) is 0.250. The average Bonchev–Trinajstić information content (AvgIpc) is 1.67. The number of esters is 1. The van der Waals surface area contributed by atoms with Crippen LogP contribution in [0.5, 0.6) is 0 Å². The van der Waals surface area contributed by atoms with E-state index in [-0.39, 0.29) is 12.3 Å². The Labute approximate surface area is 53.0 Å². The average molecular weight is 133 g/mol. The van der Waals surface area contributed by atoms with Crippen LogP contribution in [0.1, 0.15) is 13.8 Å². The molecular formula is C5H8FNO2. The van der Waals surface area contributed by atoms with Crippen molar-refractivity contribution in [2.75, 3.05) is 6.61 Å². The molecule has 4 heteroatoms. The van der Waals surface area contributed by atoms with Gasteiger partial charge < -0.3 is 4.74 Å². The zero-order chi connectivity index (χ0) is 7.70. The van der Waals surface area contributed by atoms with E-state index >= 15 is 0 Å². The zero-order valence-corrected chi connectivity index (χ0v) is 5.35. The second kappa shape index (κ2) is 10.00. The van der Waals surface area contributed by atoms with Crippen LogP contribution in [0.3, 0.4) is 0 Å². The number of hydrogen-bond acceptors (Lipinski definition) is 3. The molecular weight excluding hydrogens is 125 g/mol. The summed E-state index contributed by atoms with van der Waals surface area (Å²) >= 11 is 0. The van der Waals surface area contributed by atoms with E-state index in [2.05, 4.69) is 4.74 Å². The highest BCUT2D eigenvalue weighted by Crippen LogP contribution is 1.69. The molecule has 0 unspecified atom stereocenters. The first-order valence-electron chi connectivity index (χ1n) is 2.32. The summed E-state index contributed by atoms with van der Waals surface area (Å²) in [6.45, 7) is 3.65. The van der Waals surface area contributed by atoms with Crippen LogP contribution in [0.4, 0.5) is 4.39 Å². The zero-order valence-electron chi connectivity index (χ0n) is 5.35. The lowest BCUT2D eigenvalue weighted by Gasteiger charge is -1.89. The van der Waals surface area contributed by atoms with Crippen molar-refractivity contribution in [3.63, 3.8) is 0 Å². The molecule has 0 heterocycles. The number of nitrogens with zero attached hydrogens (tertiary/aromatic N) is 1. The topological polar surface area (TPSA) is 50.1 Å². The number of carbonyl (C=O) groups is 1. The van der Waals surface area contributed by atoms with Crippen molar-refractivity contribution in [3.8, 4) is 6.32 Å². The lowest BCUT2D eigenvalue weighted by Crippen LogP contribution is -1.95. The van der Waals surface area contributed by atoms with Gasteiger partial charge in [-0.2, -0.15) is 5.26 Å². The first kappa shape index (κ1) is 10.8. The van der Waals surface area contributed by atoms with Crippen LogP contribution in [0.2, 0.25) is 0 Å². The van der Waals surface area contributed by atoms with E-state index in [0.717, 1.165) is 0 Å². The molecule has 0 radical (unpaired) electrons. The first-order valence-corrected chi connectivity index (χ1v) is 2.32. The van der Waals surface area contributed by atoms with Crippen LogP contribution in [-0.2, 0) is 9.53 Å². The Bertz CT molecular complexity index is 108. The van der Waals surface area contributed by atoms with Gasteiger partial charge in [0.15, 0.2) is 0 Å². The second-order valence-electron chi connectivity index (χ2n) is 1.01. The molecule has 0 aromatic carbocycles. The molecule has 0 atom stereocenters. The van der Waals surface area contributed by atoms with Gasteiger partial charge in [0, 0.05) is 6.92 Å². The van der Waals surface area contributed by atoms with Gasteiger partial charge in [-0.25, -0.2) is 0 Å². The number of hydrogen-bond donors (Lipinski definition) is 0. The molecule has 0 rings (SSSR count). The number of halogens is 1. The molecule has 0 N–H and O–H groups in total. The third kappa shape index (κ3) is 46.1. The molecule has 0 fully saturated rings. The van der Waals surface area contributed by atoms with Crippen molar-refractivity contribution in [3.05, 3.63) is 0 Å². The summed E-state index contributed by atoms with van der Waals surface area (Å²) in [5.41, 5.74) is 0. The van der Waals surface area contributed by atoms with E-state index in [1.54, 1.807) is 6.92 Å². The molecule has 0 aromatic rings. The van der Waals surface area contributed by atoms with Crippen molar-refractivity contribution in [2.45, 2.75) is 13.8 Å². The summed E-state index contributed by atoms with van der Waals surface area (Å²) < 4.78 is 14.0. The Kier molecular flexibility index (Phi) is 12.0. The number of ether oxygens (including phenoxy) is 1. The van der Waals surface area contributed by atoms with E-state index in [0.29, 0.717) is 6.61 Å². The van der Waals surface area contributed by atoms with Crippen molar-refractivity contribution in [1.82, 2.24) is 0 Å². The summed E-state index contributed by atoms with van der Waals surface area (Å²) in [4.78, 5) is 9.82. The number of rotatable bonds is 1. The van der Waals surface area contributed by atoms with E-state index in [9.17, 15) is 9.18 Å². The summed E-state index contributed by atoms with van der Waals surface area (Å²) in [5.74, 6) is -0.211. The molecule has 0 aromatic heterocycles. The molecule has 0 aliphatic heterocycles. The van der Waals surface area contributed by atoms with Gasteiger partial charge in [-0.1, -0.05) is 0 Å². The minimum atomic E-state index is -0.211. The minimum absolute atomic E-state index is 0.211. The molecule has 0 spiro atoms. The summed E-state index contributed by atoms with van der Waals surface area (Å²) in [7, 11) is 0. The van der Waals surface area contributed by atoms with Gasteiger partial charge in [0.2, 0.25) is 0 Å². The van der Waals surface area contributed by atoms with Gasteiger partial charge in [-0.3, -0.25) is 4.79 Å². The third-order valence-electron chi connectivity index (χ3n) is 0.348. The van der Waals surface area contributed by atoms with Crippen LogP contribution >= 0.6 is 0 Å². The Morgan fingerprint density at radius 3 is 2.22 bits per heavy atom. The van der Waals surface area contributed by atoms with Gasteiger partial charge in [0.1, 0.15) is 0 Å². The lowest BCUT2D eigenvalue weighted by atomic mass is 10.8. The molecule has 0 saturated carbocycles. The van der Waals surface area contributed by atoms with Gasteiger partial charge in [-0.15, -0.1) is 4.39 Å². The van der Waals surface area contributed by atoms with E-state index in [1.165, 1.54) is 6.92 Å². The Morgan fingerprint density at radius 2 is 2.22 bits per heavy atom. The maximum absolute atomic E-state index is 9.82. The van der Waals surface area contributed by atoms with Crippen LogP contribution in [0.25, 0.3) is 0 Å². The van der Waals surface area contributed by atoms with Crippen molar-refractivity contribution < 1.29 is 13.9 Å². The van der Waals surface area contributed by atoms with Crippen LogP contribution in [0.15, 0.2) is 0 Å². The molecule has 9 heavy (non-hydrogen) atoms. The number of nitriles is 1. The van der Waals surface area contributed by atoms with E-state index in [4.69, 9.17) is 5.26 Å². The maximum atomic E-state index is 9.82. The largest absolute Gasteiger partial charge is 0.466 e. The van der Waals surface area contributed by atoms with Gasteiger partial charge in [0.25, 0.3) is 6.32 Å². The fraction of sp³-hybridized carbons (Fsp3) is 0.600. The van der Waals surface area contributed by atoms with Crippen molar-refractivity contribution >= 4 is 5.97 Å². The summed E-state index contributed by atoms with van der Waals surface area (Å²) in [6, 6.07) is 0. The van der Waals surface area contributed by atoms with Gasteiger partial charge >= 0.3 is 5.97 Å². The third-order valence-corrected chi connectivity index (χ3v) is 0.348. The molecule has 52 valence electrons. The molecule has 0 aliphatic carbocycles. The standard InChI is InChI=1S/C4H8O2.CFN/c1-3-6-4(2)5;2-1-3/h3H2,1-2H3;. The van der Waals surface area contributed by atoms with Crippen LogP contribution in [-0.4, -0.2) is 12.6 Å². The predicted octanol–water partition coefficient (Wildman–Crippen LogP) is 1.01. The quantitative estimate of drug-likeness (QED) is 0.501. The van der Waals surface area contributed by atoms with Crippen molar-refractivity contribution in [1.29, 1.82) is 5.26 Å². The normalized spacial score (nSPS) is 6.00. The fourth-order valence-corrected chi connectivity index (χ4v) is 0.203. The SMILES string of the molecule is CCOC(C)=O.N#CF. The molecule has 0 aliphatic rings. The Balaban J connectivity index is 0. The first-order chi connectivity index (χ1) is 4.18. The van der Waals surface area contributed by atoms with Crippen LogP contribution < -0.4 is 0 Å². The monoisotopic (exact) mass is 133 g/mol. The Morgan fingerprint density at radius 1 is 1.89 bits per heavy atom. The predicted molar refractivity (Wildman–Crippen MR) is 29.0 cm³/mol. The molecule has 0 saturated heterocycles. The smallest absolute Gasteiger partial charge is 0.302 e. The van der Waals surface area contributed by atoms with E-state index < -0.39 is 0 Å².